The number of aromatic amines is 1. The van der Waals surface area contributed by atoms with Crippen LogP contribution in [0.15, 0.2) is 59.7 Å². The number of nitrogens with zero attached hydrogens (tertiary/aromatic N) is 1. The molecular formula is C20H15F3N4O4. The average molecular weight is 432 g/mol. The van der Waals surface area contributed by atoms with E-state index < -0.39 is 40.4 Å². The van der Waals surface area contributed by atoms with Gasteiger partial charge in [0.25, 0.3) is 17.4 Å². The van der Waals surface area contributed by atoms with Gasteiger partial charge in [-0.3, -0.25) is 19.4 Å². The summed E-state index contributed by atoms with van der Waals surface area (Å²) in [6.07, 6.45) is -1.87. The minimum absolute atomic E-state index is 0.0539. The summed E-state index contributed by atoms with van der Waals surface area (Å²) in [5, 5.41) is 2.57. The number of carbonyl (C=O) groups excluding carboxylic acids is 2. The molecule has 0 aliphatic rings. The van der Waals surface area contributed by atoms with E-state index in [1.165, 1.54) is 30.5 Å². The van der Waals surface area contributed by atoms with Gasteiger partial charge in [-0.1, -0.05) is 12.1 Å². The van der Waals surface area contributed by atoms with Gasteiger partial charge >= 0.3 is 6.18 Å². The predicted octanol–water partition coefficient (Wildman–Crippen LogP) is 2.57. The largest absolute Gasteiger partial charge is 0.484 e. The van der Waals surface area contributed by atoms with Crippen molar-refractivity contribution in [3.05, 3.63) is 76.5 Å². The first-order valence-corrected chi connectivity index (χ1v) is 8.72. The van der Waals surface area contributed by atoms with E-state index in [0.29, 0.717) is 5.69 Å². The molecule has 2 heterocycles. The highest BCUT2D eigenvalue weighted by Crippen LogP contribution is 2.35. The Morgan fingerprint density at radius 3 is 2.45 bits per heavy atom. The highest BCUT2D eigenvalue weighted by atomic mass is 19.4. The molecule has 0 radical (unpaired) electrons. The number of nitrogens with two attached hydrogens (primary N) is 1. The van der Waals surface area contributed by atoms with Crippen LogP contribution in [-0.4, -0.2) is 28.4 Å². The van der Waals surface area contributed by atoms with Crippen molar-refractivity contribution >= 4 is 17.5 Å². The van der Waals surface area contributed by atoms with Gasteiger partial charge in [-0.25, -0.2) is 0 Å². The molecule has 0 fully saturated rings. The molecule has 3 rings (SSSR count). The smallest absolute Gasteiger partial charge is 0.431 e. The molecule has 1 aromatic carbocycles. The van der Waals surface area contributed by atoms with Crippen LogP contribution in [0.5, 0.6) is 5.75 Å². The fraction of sp³-hybridized carbons (Fsp3) is 0.100. The second-order valence-corrected chi connectivity index (χ2v) is 6.27. The predicted molar refractivity (Wildman–Crippen MR) is 104 cm³/mol. The van der Waals surface area contributed by atoms with Crippen molar-refractivity contribution in [2.75, 3.05) is 11.9 Å². The third-order valence-corrected chi connectivity index (χ3v) is 4.07. The van der Waals surface area contributed by atoms with Gasteiger partial charge in [0, 0.05) is 11.8 Å². The number of amides is 2. The van der Waals surface area contributed by atoms with Crippen molar-refractivity contribution < 1.29 is 27.5 Å². The maximum absolute atomic E-state index is 13.4. The molecule has 0 atom stereocenters. The van der Waals surface area contributed by atoms with Crippen LogP contribution in [0, 0.1) is 0 Å². The molecule has 0 spiro atoms. The number of primary amides is 1. The first-order valence-electron chi connectivity index (χ1n) is 8.72. The standard InChI is InChI=1S/C20H15F3N4O4/c21-20(22,23)17-14(8-15(18(24)29)19(30)27-17)11-3-5-13(6-4-11)31-10-16(28)26-12-2-1-7-25-9-12/h1-9H,10H2,(H2,24,29)(H,26,28)(H,27,30). The monoisotopic (exact) mass is 432 g/mol. The minimum atomic E-state index is -4.87. The van der Waals surface area contributed by atoms with Crippen LogP contribution in [-0.2, 0) is 11.0 Å². The zero-order valence-electron chi connectivity index (χ0n) is 15.7. The Balaban J connectivity index is 1.79. The molecule has 0 bridgehead atoms. The summed E-state index contributed by atoms with van der Waals surface area (Å²) in [5.41, 5.74) is 2.02. The molecule has 11 heteroatoms. The van der Waals surface area contributed by atoms with Crippen molar-refractivity contribution in [3.8, 4) is 16.9 Å². The van der Waals surface area contributed by atoms with Crippen LogP contribution in [0.3, 0.4) is 0 Å². The van der Waals surface area contributed by atoms with Crippen LogP contribution in [0.2, 0.25) is 0 Å². The topological polar surface area (TPSA) is 127 Å². The van der Waals surface area contributed by atoms with E-state index in [2.05, 4.69) is 10.3 Å². The number of H-pyrrole nitrogens is 1. The molecule has 0 unspecified atom stereocenters. The summed E-state index contributed by atoms with van der Waals surface area (Å²) in [6, 6.07) is 9.36. The van der Waals surface area contributed by atoms with Gasteiger partial charge in [0.1, 0.15) is 17.0 Å². The van der Waals surface area contributed by atoms with Gasteiger partial charge in [0.05, 0.1) is 11.9 Å². The average Bonchev–Trinajstić information content (AvgIpc) is 2.72. The van der Waals surface area contributed by atoms with Crippen molar-refractivity contribution in [1.29, 1.82) is 0 Å². The number of halogens is 3. The van der Waals surface area contributed by atoms with Gasteiger partial charge in [0.2, 0.25) is 0 Å². The zero-order chi connectivity index (χ0) is 22.6. The van der Waals surface area contributed by atoms with Gasteiger partial charge in [0.15, 0.2) is 6.61 Å². The second kappa shape index (κ2) is 8.69. The fourth-order valence-corrected chi connectivity index (χ4v) is 2.68. The molecule has 8 nitrogen and oxygen atoms in total. The van der Waals surface area contributed by atoms with Gasteiger partial charge in [-0.05, 0) is 35.9 Å². The Hall–Kier alpha value is -4.15. The summed E-state index contributed by atoms with van der Waals surface area (Å²) in [5.74, 6) is -1.39. The highest BCUT2D eigenvalue weighted by molar-refractivity contribution is 5.94. The molecule has 0 saturated carbocycles. The number of alkyl halides is 3. The molecule has 0 aliphatic heterocycles. The number of rotatable bonds is 6. The molecule has 31 heavy (non-hydrogen) atoms. The third kappa shape index (κ3) is 5.26. The lowest BCUT2D eigenvalue weighted by molar-refractivity contribution is -0.140. The third-order valence-electron chi connectivity index (χ3n) is 4.07. The van der Waals surface area contributed by atoms with Crippen LogP contribution in [0.4, 0.5) is 18.9 Å². The lowest BCUT2D eigenvalue weighted by Crippen LogP contribution is -2.27. The van der Waals surface area contributed by atoms with Crippen molar-refractivity contribution in [1.82, 2.24) is 9.97 Å². The second-order valence-electron chi connectivity index (χ2n) is 6.27. The van der Waals surface area contributed by atoms with Gasteiger partial charge in [-0.15, -0.1) is 0 Å². The Morgan fingerprint density at radius 1 is 1.16 bits per heavy atom. The number of hydrogen-bond acceptors (Lipinski definition) is 5. The Kier molecular flexibility index (Phi) is 6.05. The molecule has 160 valence electrons. The lowest BCUT2D eigenvalue weighted by Gasteiger charge is -2.14. The van der Waals surface area contributed by atoms with E-state index >= 15 is 0 Å². The number of carbonyl (C=O) groups is 2. The summed E-state index contributed by atoms with van der Waals surface area (Å²) in [4.78, 5) is 40.5. The minimum Gasteiger partial charge on any atom is -0.484 e. The molecule has 0 aliphatic carbocycles. The quantitative estimate of drug-likeness (QED) is 0.552. The first-order chi connectivity index (χ1) is 14.6. The summed E-state index contributed by atoms with van der Waals surface area (Å²) < 4.78 is 45.4. The molecule has 0 saturated heterocycles. The van der Waals surface area contributed by atoms with E-state index in [4.69, 9.17) is 10.5 Å². The SMILES string of the molecule is NC(=O)c1cc(-c2ccc(OCC(=O)Nc3cccnc3)cc2)c(C(F)(F)F)[nH]c1=O. The normalized spacial score (nSPS) is 11.1. The number of ether oxygens (including phenoxy) is 1. The van der Waals surface area contributed by atoms with Crippen LogP contribution in [0.25, 0.3) is 11.1 Å². The number of hydrogen-bond donors (Lipinski definition) is 3. The maximum atomic E-state index is 13.4. The van der Waals surface area contributed by atoms with E-state index in [1.807, 2.05) is 0 Å². The number of anilines is 1. The van der Waals surface area contributed by atoms with Crippen LogP contribution < -0.4 is 21.3 Å². The van der Waals surface area contributed by atoms with E-state index in [9.17, 15) is 27.6 Å². The molecule has 2 amide bonds. The number of pyridine rings is 2. The molecule has 4 N–H and O–H groups in total. The highest BCUT2D eigenvalue weighted by Gasteiger charge is 2.36. The summed E-state index contributed by atoms with van der Waals surface area (Å²) in [6.45, 7) is -0.341. The molecular weight excluding hydrogens is 417 g/mol. The van der Waals surface area contributed by atoms with Crippen molar-refractivity contribution in [2.45, 2.75) is 6.18 Å². The molecule has 3 aromatic rings. The van der Waals surface area contributed by atoms with Crippen molar-refractivity contribution in [3.63, 3.8) is 0 Å². The van der Waals surface area contributed by atoms with E-state index in [1.54, 1.807) is 23.3 Å². The van der Waals surface area contributed by atoms with E-state index in [-0.39, 0.29) is 17.9 Å². The maximum Gasteiger partial charge on any atom is 0.431 e. The first kappa shape index (κ1) is 21.6. The Labute approximate surface area is 172 Å². The number of benzene rings is 1. The Morgan fingerprint density at radius 2 is 1.87 bits per heavy atom. The van der Waals surface area contributed by atoms with Gasteiger partial charge in [-0.2, -0.15) is 13.2 Å². The Bertz CT molecular complexity index is 1160. The van der Waals surface area contributed by atoms with Crippen LogP contribution in [0.1, 0.15) is 16.1 Å². The molecule has 2 aromatic heterocycles. The van der Waals surface area contributed by atoms with Crippen LogP contribution >= 0.6 is 0 Å². The van der Waals surface area contributed by atoms with E-state index in [0.717, 1.165) is 6.07 Å². The fourth-order valence-electron chi connectivity index (χ4n) is 2.68. The lowest BCUT2D eigenvalue weighted by atomic mass is 10.0. The number of nitrogens with one attached hydrogen (secondary N) is 2. The number of aromatic nitrogens is 2. The van der Waals surface area contributed by atoms with Crippen molar-refractivity contribution in [2.24, 2.45) is 5.73 Å². The zero-order valence-corrected chi connectivity index (χ0v) is 15.7. The summed E-state index contributed by atoms with van der Waals surface area (Å²) in [7, 11) is 0. The van der Waals surface area contributed by atoms with Gasteiger partial charge < -0.3 is 20.8 Å². The summed E-state index contributed by atoms with van der Waals surface area (Å²) >= 11 is 0.